The summed E-state index contributed by atoms with van der Waals surface area (Å²) in [4.78, 5) is 13.7. The van der Waals surface area contributed by atoms with Crippen molar-refractivity contribution >= 4 is 5.91 Å². The smallest absolute Gasteiger partial charge is 0.222 e. The Kier molecular flexibility index (Phi) is 6.02. The highest BCUT2D eigenvalue weighted by molar-refractivity contribution is 5.75. The SMILES string of the molecule is Cc1noc(C)c1CN(C)C(=O)CCCNC(C)C. The van der Waals surface area contributed by atoms with E-state index in [1.54, 1.807) is 4.90 Å². The zero-order valence-corrected chi connectivity index (χ0v) is 12.6. The van der Waals surface area contributed by atoms with Gasteiger partial charge in [0.2, 0.25) is 5.91 Å². The molecule has 1 amide bonds. The summed E-state index contributed by atoms with van der Waals surface area (Å²) in [5.74, 6) is 0.948. The Labute approximate surface area is 115 Å². The van der Waals surface area contributed by atoms with Crippen LogP contribution in [0.5, 0.6) is 0 Å². The minimum Gasteiger partial charge on any atom is -0.361 e. The van der Waals surface area contributed by atoms with Crippen molar-refractivity contribution in [1.82, 2.24) is 15.4 Å². The largest absolute Gasteiger partial charge is 0.361 e. The van der Waals surface area contributed by atoms with E-state index in [-0.39, 0.29) is 5.91 Å². The molecule has 0 spiro atoms. The Balaban J connectivity index is 2.37. The van der Waals surface area contributed by atoms with Crippen LogP contribution in [0.15, 0.2) is 4.52 Å². The standard InChI is InChI=1S/C14H25N3O2/c1-10(2)15-8-6-7-14(18)17(5)9-13-11(3)16-19-12(13)4/h10,15H,6-9H2,1-5H3. The second-order valence-corrected chi connectivity index (χ2v) is 5.26. The summed E-state index contributed by atoms with van der Waals surface area (Å²) in [6, 6.07) is 0.468. The molecule has 19 heavy (non-hydrogen) atoms. The maximum Gasteiger partial charge on any atom is 0.222 e. The number of nitrogens with one attached hydrogen (secondary N) is 1. The van der Waals surface area contributed by atoms with Crippen LogP contribution in [0.3, 0.4) is 0 Å². The van der Waals surface area contributed by atoms with E-state index in [1.165, 1.54) is 0 Å². The van der Waals surface area contributed by atoms with E-state index in [0.717, 1.165) is 30.0 Å². The lowest BCUT2D eigenvalue weighted by Gasteiger charge is -2.17. The van der Waals surface area contributed by atoms with Gasteiger partial charge in [-0.3, -0.25) is 4.79 Å². The van der Waals surface area contributed by atoms with Gasteiger partial charge in [-0.25, -0.2) is 0 Å². The van der Waals surface area contributed by atoms with E-state index in [9.17, 15) is 4.79 Å². The first kappa shape index (κ1) is 15.7. The van der Waals surface area contributed by atoms with Gasteiger partial charge in [0.15, 0.2) is 0 Å². The lowest BCUT2D eigenvalue weighted by molar-refractivity contribution is -0.130. The number of hydrogen-bond acceptors (Lipinski definition) is 4. The predicted octanol–water partition coefficient (Wildman–Crippen LogP) is 2.03. The van der Waals surface area contributed by atoms with Crippen molar-refractivity contribution in [3.63, 3.8) is 0 Å². The third-order valence-corrected chi connectivity index (χ3v) is 3.12. The zero-order chi connectivity index (χ0) is 14.4. The Morgan fingerprint density at radius 1 is 1.42 bits per heavy atom. The summed E-state index contributed by atoms with van der Waals surface area (Å²) in [5.41, 5.74) is 1.87. The molecule has 1 aromatic rings. The van der Waals surface area contributed by atoms with E-state index in [1.807, 2.05) is 20.9 Å². The van der Waals surface area contributed by atoms with Crippen molar-refractivity contribution in [3.8, 4) is 0 Å². The molecular formula is C14H25N3O2. The van der Waals surface area contributed by atoms with E-state index in [4.69, 9.17) is 4.52 Å². The van der Waals surface area contributed by atoms with Crippen LogP contribution in [-0.2, 0) is 11.3 Å². The van der Waals surface area contributed by atoms with Gasteiger partial charge in [-0.15, -0.1) is 0 Å². The molecule has 0 aromatic carbocycles. The third-order valence-electron chi connectivity index (χ3n) is 3.12. The van der Waals surface area contributed by atoms with Crippen LogP contribution < -0.4 is 5.32 Å². The Morgan fingerprint density at radius 2 is 2.11 bits per heavy atom. The van der Waals surface area contributed by atoms with Crippen LogP contribution in [0.1, 0.15) is 43.7 Å². The number of carbonyl (C=O) groups is 1. The summed E-state index contributed by atoms with van der Waals surface area (Å²) >= 11 is 0. The van der Waals surface area contributed by atoms with Gasteiger partial charge in [0.05, 0.1) is 12.2 Å². The van der Waals surface area contributed by atoms with Gasteiger partial charge < -0.3 is 14.7 Å². The number of carbonyl (C=O) groups excluding carboxylic acids is 1. The Morgan fingerprint density at radius 3 is 2.63 bits per heavy atom. The molecule has 108 valence electrons. The molecule has 0 fully saturated rings. The minimum absolute atomic E-state index is 0.158. The van der Waals surface area contributed by atoms with Crippen molar-refractivity contribution in [1.29, 1.82) is 0 Å². The number of rotatable bonds is 7. The molecule has 1 N–H and O–H groups in total. The second kappa shape index (κ2) is 7.28. The summed E-state index contributed by atoms with van der Waals surface area (Å²) in [6.45, 7) is 9.42. The van der Waals surface area contributed by atoms with Gasteiger partial charge in [-0.05, 0) is 26.8 Å². The molecule has 0 aliphatic rings. The summed E-state index contributed by atoms with van der Waals surface area (Å²) < 4.78 is 5.10. The van der Waals surface area contributed by atoms with Crippen molar-refractivity contribution in [2.75, 3.05) is 13.6 Å². The molecule has 5 heteroatoms. The van der Waals surface area contributed by atoms with E-state index in [0.29, 0.717) is 19.0 Å². The number of aryl methyl sites for hydroxylation is 2. The van der Waals surface area contributed by atoms with Crippen molar-refractivity contribution in [2.45, 2.75) is 53.1 Å². The quantitative estimate of drug-likeness (QED) is 0.768. The van der Waals surface area contributed by atoms with E-state index < -0.39 is 0 Å². The second-order valence-electron chi connectivity index (χ2n) is 5.26. The first-order valence-electron chi connectivity index (χ1n) is 6.81. The predicted molar refractivity (Wildman–Crippen MR) is 74.8 cm³/mol. The van der Waals surface area contributed by atoms with Crippen LogP contribution in [0.25, 0.3) is 0 Å². The lowest BCUT2D eigenvalue weighted by atomic mass is 10.2. The number of amides is 1. The maximum atomic E-state index is 12.0. The molecule has 5 nitrogen and oxygen atoms in total. The van der Waals surface area contributed by atoms with Crippen LogP contribution in [-0.4, -0.2) is 35.6 Å². The Hall–Kier alpha value is -1.36. The van der Waals surface area contributed by atoms with Gasteiger partial charge in [-0.2, -0.15) is 0 Å². The first-order chi connectivity index (χ1) is 8.91. The van der Waals surface area contributed by atoms with Gasteiger partial charge in [-0.1, -0.05) is 19.0 Å². The molecule has 1 heterocycles. The van der Waals surface area contributed by atoms with Gasteiger partial charge in [0.25, 0.3) is 0 Å². The average Bonchev–Trinajstić information content (AvgIpc) is 2.65. The molecule has 0 unspecified atom stereocenters. The average molecular weight is 267 g/mol. The van der Waals surface area contributed by atoms with Gasteiger partial charge >= 0.3 is 0 Å². The molecule has 0 aliphatic heterocycles. The summed E-state index contributed by atoms with van der Waals surface area (Å²) in [5, 5.41) is 7.21. The molecular weight excluding hydrogens is 242 g/mol. The molecule has 1 aromatic heterocycles. The Bertz CT molecular complexity index is 393. The van der Waals surface area contributed by atoms with Crippen molar-refractivity contribution < 1.29 is 9.32 Å². The van der Waals surface area contributed by atoms with Crippen molar-refractivity contribution in [2.24, 2.45) is 0 Å². The minimum atomic E-state index is 0.158. The van der Waals surface area contributed by atoms with Crippen LogP contribution in [0, 0.1) is 13.8 Å². The molecule has 0 aliphatic carbocycles. The third kappa shape index (κ3) is 5.03. The highest BCUT2D eigenvalue weighted by Crippen LogP contribution is 2.14. The molecule has 0 saturated heterocycles. The number of nitrogens with zero attached hydrogens (tertiary/aromatic N) is 2. The van der Waals surface area contributed by atoms with Gasteiger partial charge in [0.1, 0.15) is 5.76 Å². The first-order valence-corrected chi connectivity index (χ1v) is 6.81. The van der Waals surface area contributed by atoms with E-state index >= 15 is 0 Å². The lowest BCUT2D eigenvalue weighted by Crippen LogP contribution is -2.28. The molecule has 1 rings (SSSR count). The maximum absolute atomic E-state index is 12.0. The zero-order valence-electron chi connectivity index (χ0n) is 12.6. The fourth-order valence-electron chi connectivity index (χ4n) is 1.87. The highest BCUT2D eigenvalue weighted by Gasteiger charge is 2.14. The van der Waals surface area contributed by atoms with Crippen LogP contribution >= 0.6 is 0 Å². The normalized spacial score (nSPS) is 11.1. The molecule has 0 radical (unpaired) electrons. The van der Waals surface area contributed by atoms with Gasteiger partial charge in [0, 0.05) is 25.1 Å². The summed E-state index contributed by atoms with van der Waals surface area (Å²) in [7, 11) is 1.82. The number of aromatic nitrogens is 1. The topological polar surface area (TPSA) is 58.4 Å². The fraction of sp³-hybridized carbons (Fsp3) is 0.714. The van der Waals surface area contributed by atoms with Crippen LogP contribution in [0.4, 0.5) is 0 Å². The monoisotopic (exact) mass is 267 g/mol. The molecule has 0 atom stereocenters. The molecule has 0 bridgehead atoms. The number of hydrogen-bond donors (Lipinski definition) is 1. The highest BCUT2D eigenvalue weighted by atomic mass is 16.5. The fourth-order valence-corrected chi connectivity index (χ4v) is 1.87. The molecule has 0 saturated carbocycles. The van der Waals surface area contributed by atoms with E-state index in [2.05, 4.69) is 24.3 Å². The van der Waals surface area contributed by atoms with Crippen molar-refractivity contribution in [3.05, 3.63) is 17.0 Å². The summed E-state index contributed by atoms with van der Waals surface area (Å²) in [6.07, 6.45) is 1.43. The van der Waals surface area contributed by atoms with Crippen LogP contribution in [0.2, 0.25) is 0 Å².